The Morgan fingerprint density at radius 2 is 2.06 bits per heavy atom. The summed E-state index contributed by atoms with van der Waals surface area (Å²) in [5, 5.41) is 19.3. The topological polar surface area (TPSA) is 52.9 Å². The number of benzene rings is 1. The lowest BCUT2D eigenvalue weighted by Gasteiger charge is -2.26. The standard InChI is InChI=1S/C13H20FNO3/c1-9(16)13-11(14)5-4-6-12(13)15(2)7-10(17)8-18-3/h4-6,9-10,16-17H,7-8H2,1-3H3/t9-,10?/m1/s1. The van der Waals surface area contributed by atoms with Gasteiger partial charge in [-0.2, -0.15) is 0 Å². The number of ether oxygens (including phenoxy) is 1. The highest BCUT2D eigenvalue weighted by molar-refractivity contribution is 5.54. The molecule has 0 heterocycles. The van der Waals surface area contributed by atoms with Crippen LogP contribution in [0.2, 0.25) is 0 Å². The fourth-order valence-electron chi connectivity index (χ4n) is 1.93. The first-order valence-corrected chi connectivity index (χ1v) is 5.82. The molecule has 0 radical (unpaired) electrons. The lowest BCUT2D eigenvalue weighted by molar-refractivity contribution is 0.0694. The first-order valence-electron chi connectivity index (χ1n) is 5.82. The predicted octanol–water partition coefficient (Wildman–Crippen LogP) is 1.32. The number of hydrogen-bond acceptors (Lipinski definition) is 4. The van der Waals surface area contributed by atoms with Crippen LogP contribution in [0.3, 0.4) is 0 Å². The molecule has 102 valence electrons. The molecule has 0 fully saturated rings. The molecule has 2 N–H and O–H groups in total. The number of aliphatic hydroxyl groups excluding tert-OH is 2. The monoisotopic (exact) mass is 257 g/mol. The highest BCUT2D eigenvalue weighted by atomic mass is 19.1. The molecular formula is C13H20FNO3. The van der Waals surface area contributed by atoms with Crippen molar-refractivity contribution in [2.75, 3.05) is 32.2 Å². The maximum atomic E-state index is 13.7. The van der Waals surface area contributed by atoms with E-state index in [0.717, 1.165) is 0 Å². The van der Waals surface area contributed by atoms with Gasteiger partial charge in [0, 0.05) is 32.0 Å². The number of methoxy groups -OCH3 is 1. The third-order valence-electron chi connectivity index (χ3n) is 2.70. The van der Waals surface area contributed by atoms with Gasteiger partial charge >= 0.3 is 0 Å². The second-order valence-corrected chi connectivity index (χ2v) is 4.34. The molecule has 0 aliphatic heterocycles. The summed E-state index contributed by atoms with van der Waals surface area (Å²) in [6, 6.07) is 4.60. The molecule has 0 saturated carbocycles. The zero-order chi connectivity index (χ0) is 13.7. The van der Waals surface area contributed by atoms with E-state index < -0.39 is 18.0 Å². The minimum Gasteiger partial charge on any atom is -0.389 e. The first kappa shape index (κ1) is 14.9. The number of halogens is 1. The van der Waals surface area contributed by atoms with Gasteiger partial charge in [-0.05, 0) is 19.1 Å². The summed E-state index contributed by atoms with van der Waals surface area (Å²) in [5.74, 6) is -0.449. The number of likely N-dealkylation sites (N-methyl/N-ethyl adjacent to an activating group) is 1. The van der Waals surface area contributed by atoms with Gasteiger partial charge in [-0.3, -0.25) is 0 Å². The van der Waals surface area contributed by atoms with Crippen molar-refractivity contribution < 1.29 is 19.3 Å². The van der Waals surface area contributed by atoms with E-state index in [-0.39, 0.29) is 12.2 Å². The molecule has 0 amide bonds. The Balaban J connectivity index is 2.91. The van der Waals surface area contributed by atoms with E-state index in [0.29, 0.717) is 12.2 Å². The van der Waals surface area contributed by atoms with Gasteiger partial charge < -0.3 is 19.8 Å². The summed E-state index contributed by atoms with van der Waals surface area (Å²) in [6.07, 6.45) is -1.56. The van der Waals surface area contributed by atoms with E-state index in [4.69, 9.17) is 4.74 Å². The van der Waals surface area contributed by atoms with E-state index in [9.17, 15) is 14.6 Å². The predicted molar refractivity (Wildman–Crippen MR) is 68.2 cm³/mol. The van der Waals surface area contributed by atoms with Crippen LogP contribution in [0.1, 0.15) is 18.6 Å². The smallest absolute Gasteiger partial charge is 0.131 e. The Kier molecular flexibility index (Phi) is 5.53. The maximum absolute atomic E-state index is 13.7. The molecule has 0 aliphatic rings. The van der Waals surface area contributed by atoms with Crippen molar-refractivity contribution in [1.82, 2.24) is 0 Å². The SMILES string of the molecule is COCC(O)CN(C)c1cccc(F)c1[C@@H](C)O. The molecule has 5 heteroatoms. The van der Waals surface area contributed by atoms with Crippen LogP contribution >= 0.6 is 0 Å². The zero-order valence-electron chi connectivity index (χ0n) is 10.9. The van der Waals surface area contributed by atoms with Crippen molar-refractivity contribution >= 4 is 5.69 Å². The van der Waals surface area contributed by atoms with Crippen LogP contribution < -0.4 is 4.90 Å². The van der Waals surface area contributed by atoms with E-state index in [1.165, 1.54) is 20.1 Å². The van der Waals surface area contributed by atoms with Crippen LogP contribution in [0.15, 0.2) is 18.2 Å². The fraction of sp³-hybridized carbons (Fsp3) is 0.538. The second kappa shape index (κ2) is 6.68. The van der Waals surface area contributed by atoms with Gasteiger partial charge in [-0.15, -0.1) is 0 Å². The number of aliphatic hydroxyl groups is 2. The van der Waals surface area contributed by atoms with Gasteiger partial charge in [-0.25, -0.2) is 4.39 Å². The largest absolute Gasteiger partial charge is 0.389 e. The van der Waals surface area contributed by atoms with Crippen molar-refractivity contribution in [3.63, 3.8) is 0 Å². The summed E-state index contributed by atoms with van der Waals surface area (Å²) < 4.78 is 18.5. The van der Waals surface area contributed by atoms with Gasteiger partial charge in [0.15, 0.2) is 0 Å². The van der Waals surface area contributed by atoms with E-state index in [1.807, 2.05) is 0 Å². The van der Waals surface area contributed by atoms with Crippen LogP contribution in [0.4, 0.5) is 10.1 Å². The minimum atomic E-state index is -0.900. The molecule has 2 atom stereocenters. The number of nitrogens with zero attached hydrogens (tertiary/aromatic N) is 1. The molecule has 1 aromatic rings. The highest BCUT2D eigenvalue weighted by Crippen LogP contribution is 2.28. The van der Waals surface area contributed by atoms with Crippen molar-refractivity contribution in [3.8, 4) is 0 Å². The Morgan fingerprint density at radius 3 is 2.61 bits per heavy atom. The van der Waals surface area contributed by atoms with Crippen LogP contribution in [-0.4, -0.2) is 43.6 Å². The van der Waals surface area contributed by atoms with Gasteiger partial charge in [-0.1, -0.05) is 6.07 Å². The van der Waals surface area contributed by atoms with E-state index in [1.54, 1.807) is 24.1 Å². The van der Waals surface area contributed by atoms with Crippen LogP contribution in [0.5, 0.6) is 0 Å². The third-order valence-corrected chi connectivity index (χ3v) is 2.70. The fourth-order valence-corrected chi connectivity index (χ4v) is 1.93. The van der Waals surface area contributed by atoms with Gasteiger partial charge in [0.1, 0.15) is 5.82 Å². The lowest BCUT2D eigenvalue weighted by atomic mass is 10.1. The molecule has 0 aliphatic carbocycles. The van der Waals surface area contributed by atoms with Gasteiger partial charge in [0.05, 0.1) is 18.8 Å². The summed E-state index contributed by atoms with van der Waals surface area (Å²) in [4.78, 5) is 1.70. The molecule has 0 aromatic heterocycles. The Hall–Kier alpha value is -1.17. The van der Waals surface area contributed by atoms with Crippen molar-refractivity contribution in [1.29, 1.82) is 0 Å². The molecule has 1 rings (SSSR count). The summed E-state index contributed by atoms with van der Waals surface area (Å²) in [7, 11) is 3.24. The first-order chi connectivity index (χ1) is 8.47. The molecule has 1 unspecified atom stereocenters. The van der Waals surface area contributed by atoms with Crippen molar-refractivity contribution in [2.24, 2.45) is 0 Å². The quantitative estimate of drug-likeness (QED) is 0.807. The molecule has 0 spiro atoms. The Morgan fingerprint density at radius 1 is 1.39 bits per heavy atom. The van der Waals surface area contributed by atoms with E-state index in [2.05, 4.69) is 0 Å². The molecule has 0 saturated heterocycles. The Bertz CT molecular complexity index is 384. The number of hydrogen-bond donors (Lipinski definition) is 2. The Labute approximate surface area is 107 Å². The highest BCUT2D eigenvalue weighted by Gasteiger charge is 2.17. The lowest BCUT2D eigenvalue weighted by Crippen LogP contribution is -2.32. The third kappa shape index (κ3) is 3.66. The van der Waals surface area contributed by atoms with Gasteiger partial charge in [0.25, 0.3) is 0 Å². The average Bonchev–Trinajstić information content (AvgIpc) is 2.28. The summed E-state index contributed by atoms with van der Waals surface area (Å²) in [6.45, 7) is 2.03. The van der Waals surface area contributed by atoms with Crippen molar-refractivity contribution in [2.45, 2.75) is 19.1 Å². The summed E-state index contributed by atoms with van der Waals surface area (Å²) >= 11 is 0. The van der Waals surface area contributed by atoms with Crippen LogP contribution in [-0.2, 0) is 4.74 Å². The molecule has 18 heavy (non-hydrogen) atoms. The summed E-state index contributed by atoms with van der Waals surface area (Å²) in [5.41, 5.74) is 0.810. The van der Waals surface area contributed by atoms with Crippen molar-refractivity contribution in [3.05, 3.63) is 29.6 Å². The number of anilines is 1. The minimum absolute atomic E-state index is 0.212. The van der Waals surface area contributed by atoms with Crippen LogP contribution in [0.25, 0.3) is 0 Å². The normalized spacial score (nSPS) is 14.3. The molecule has 4 nitrogen and oxygen atoms in total. The second-order valence-electron chi connectivity index (χ2n) is 4.34. The maximum Gasteiger partial charge on any atom is 0.131 e. The molecular weight excluding hydrogens is 237 g/mol. The number of rotatable bonds is 6. The molecule has 0 bridgehead atoms. The van der Waals surface area contributed by atoms with Crippen LogP contribution in [0, 0.1) is 5.82 Å². The average molecular weight is 257 g/mol. The van der Waals surface area contributed by atoms with E-state index >= 15 is 0 Å². The van der Waals surface area contributed by atoms with Gasteiger partial charge in [0.2, 0.25) is 0 Å². The molecule has 1 aromatic carbocycles. The zero-order valence-corrected chi connectivity index (χ0v) is 10.9.